The summed E-state index contributed by atoms with van der Waals surface area (Å²) in [6.07, 6.45) is 2.27. The third-order valence-electron chi connectivity index (χ3n) is 2.10. The molecule has 13 heavy (non-hydrogen) atoms. The van der Waals surface area contributed by atoms with Gasteiger partial charge in [0.1, 0.15) is 6.04 Å². The molecular formula is C9H20N2O2. The molecule has 4 N–H and O–H groups in total. The van der Waals surface area contributed by atoms with Gasteiger partial charge in [-0.3, -0.25) is 4.79 Å². The zero-order chi connectivity index (χ0) is 10.3. The average Bonchev–Trinajstić information content (AvgIpc) is 2.11. The van der Waals surface area contributed by atoms with Crippen LogP contribution < -0.4 is 11.1 Å². The first kappa shape index (κ1) is 12.4. The zero-order valence-corrected chi connectivity index (χ0v) is 8.42. The number of hydrogen-bond donors (Lipinski definition) is 3. The molecule has 0 aliphatic carbocycles. The van der Waals surface area contributed by atoms with Gasteiger partial charge in [-0.05, 0) is 25.8 Å². The smallest absolute Gasteiger partial charge is 0.320 e. The molecule has 0 fully saturated rings. The van der Waals surface area contributed by atoms with Crippen molar-refractivity contribution in [3.8, 4) is 0 Å². The van der Waals surface area contributed by atoms with Gasteiger partial charge >= 0.3 is 5.97 Å². The van der Waals surface area contributed by atoms with Crippen LogP contribution in [0.2, 0.25) is 0 Å². The monoisotopic (exact) mass is 188 g/mol. The fourth-order valence-electron chi connectivity index (χ4n) is 1.14. The standard InChI is InChI=1S/C9H20N2O2/c1-3-7(10)5-6-8(9(12)13)11-4-2/h7-8,11H,3-6,10H2,1-2H3,(H,12,13). The Kier molecular flexibility index (Phi) is 6.54. The predicted molar refractivity (Wildman–Crippen MR) is 52.6 cm³/mol. The van der Waals surface area contributed by atoms with Gasteiger partial charge in [-0.15, -0.1) is 0 Å². The Morgan fingerprint density at radius 3 is 2.46 bits per heavy atom. The summed E-state index contributed by atoms with van der Waals surface area (Å²) in [7, 11) is 0. The number of likely N-dealkylation sites (N-methyl/N-ethyl adjacent to an activating group) is 1. The Bertz CT molecular complexity index is 151. The molecular weight excluding hydrogens is 168 g/mol. The van der Waals surface area contributed by atoms with Gasteiger partial charge in [-0.1, -0.05) is 13.8 Å². The van der Waals surface area contributed by atoms with Crippen LogP contribution >= 0.6 is 0 Å². The summed E-state index contributed by atoms with van der Waals surface area (Å²) in [5, 5.41) is 11.7. The SMILES string of the molecule is CCNC(CCC(N)CC)C(=O)O. The zero-order valence-electron chi connectivity index (χ0n) is 8.42. The van der Waals surface area contributed by atoms with Crippen LogP contribution in [0.3, 0.4) is 0 Å². The van der Waals surface area contributed by atoms with Crippen molar-refractivity contribution in [2.75, 3.05) is 6.54 Å². The Morgan fingerprint density at radius 2 is 2.08 bits per heavy atom. The van der Waals surface area contributed by atoms with E-state index in [1.807, 2.05) is 13.8 Å². The molecule has 0 saturated heterocycles. The molecule has 0 heterocycles. The van der Waals surface area contributed by atoms with Crippen molar-refractivity contribution >= 4 is 5.97 Å². The van der Waals surface area contributed by atoms with E-state index in [1.54, 1.807) is 0 Å². The molecule has 0 aromatic carbocycles. The molecule has 2 atom stereocenters. The van der Waals surface area contributed by atoms with Gasteiger partial charge in [0.25, 0.3) is 0 Å². The first-order valence-corrected chi connectivity index (χ1v) is 4.83. The molecule has 0 aliphatic heterocycles. The second-order valence-electron chi connectivity index (χ2n) is 3.19. The number of nitrogens with two attached hydrogens (primary N) is 1. The summed E-state index contributed by atoms with van der Waals surface area (Å²) < 4.78 is 0. The average molecular weight is 188 g/mol. The van der Waals surface area contributed by atoms with Crippen molar-refractivity contribution in [2.45, 2.75) is 45.2 Å². The number of carboxylic acid groups (broad SMARTS) is 1. The Hall–Kier alpha value is -0.610. The van der Waals surface area contributed by atoms with Crippen LogP contribution in [0.1, 0.15) is 33.1 Å². The summed E-state index contributed by atoms with van der Waals surface area (Å²) in [5.74, 6) is -0.787. The number of carbonyl (C=O) groups is 1. The van der Waals surface area contributed by atoms with E-state index < -0.39 is 12.0 Å². The Morgan fingerprint density at radius 1 is 1.46 bits per heavy atom. The van der Waals surface area contributed by atoms with Gasteiger partial charge in [0.05, 0.1) is 0 Å². The van der Waals surface area contributed by atoms with Gasteiger partial charge in [-0.25, -0.2) is 0 Å². The number of aliphatic carboxylic acids is 1. The third-order valence-corrected chi connectivity index (χ3v) is 2.10. The van der Waals surface area contributed by atoms with Crippen LogP contribution in [0.5, 0.6) is 0 Å². The van der Waals surface area contributed by atoms with Crippen molar-refractivity contribution in [2.24, 2.45) is 5.73 Å². The lowest BCUT2D eigenvalue weighted by atomic mass is 10.1. The van der Waals surface area contributed by atoms with Crippen LogP contribution in [0.4, 0.5) is 0 Å². The third kappa shape index (κ3) is 5.60. The lowest BCUT2D eigenvalue weighted by molar-refractivity contribution is -0.139. The van der Waals surface area contributed by atoms with Crippen molar-refractivity contribution in [1.82, 2.24) is 5.32 Å². The molecule has 0 aromatic heterocycles. The van der Waals surface area contributed by atoms with Gasteiger partial charge in [0.2, 0.25) is 0 Å². The molecule has 0 saturated carbocycles. The minimum atomic E-state index is -0.787. The molecule has 4 heteroatoms. The lowest BCUT2D eigenvalue weighted by Crippen LogP contribution is -2.37. The number of hydrogen-bond acceptors (Lipinski definition) is 3. The molecule has 0 amide bonds. The number of rotatable bonds is 7. The second-order valence-corrected chi connectivity index (χ2v) is 3.19. The van der Waals surface area contributed by atoms with Crippen molar-refractivity contribution in [3.63, 3.8) is 0 Å². The van der Waals surface area contributed by atoms with Gasteiger partial charge in [0.15, 0.2) is 0 Å². The lowest BCUT2D eigenvalue weighted by Gasteiger charge is -2.15. The van der Waals surface area contributed by atoms with Gasteiger partial charge in [0, 0.05) is 6.04 Å². The highest BCUT2D eigenvalue weighted by Gasteiger charge is 2.16. The van der Waals surface area contributed by atoms with Crippen LogP contribution in [-0.2, 0) is 4.79 Å². The molecule has 4 nitrogen and oxygen atoms in total. The van der Waals surface area contributed by atoms with E-state index in [2.05, 4.69) is 5.32 Å². The molecule has 78 valence electrons. The van der Waals surface area contributed by atoms with Gasteiger partial charge < -0.3 is 16.2 Å². The molecule has 0 bridgehead atoms. The molecule has 0 rings (SSSR count). The predicted octanol–water partition coefficient (Wildman–Crippen LogP) is 0.567. The number of carboxylic acids is 1. The van der Waals surface area contributed by atoms with Gasteiger partial charge in [-0.2, -0.15) is 0 Å². The number of nitrogens with one attached hydrogen (secondary N) is 1. The highest BCUT2D eigenvalue weighted by Crippen LogP contribution is 2.02. The van der Waals surface area contributed by atoms with E-state index in [4.69, 9.17) is 10.8 Å². The van der Waals surface area contributed by atoms with E-state index in [0.717, 1.165) is 12.8 Å². The molecule has 0 aliphatic rings. The maximum Gasteiger partial charge on any atom is 0.320 e. The maximum atomic E-state index is 10.7. The Balaban J connectivity index is 3.75. The molecule has 0 spiro atoms. The van der Waals surface area contributed by atoms with E-state index in [0.29, 0.717) is 13.0 Å². The van der Waals surface area contributed by atoms with E-state index in [1.165, 1.54) is 0 Å². The van der Waals surface area contributed by atoms with Crippen molar-refractivity contribution < 1.29 is 9.90 Å². The van der Waals surface area contributed by atoms with E-state index in [9.17, 15) is 4.79 Å². The normalized spacial score (nSPS) is 15.3. The fraction of sp³-hybridized carbons (Fsp3) is 0.889. The van der Waals surface area contributed by atoms with E-state index in [-0.39, 0.29) is 6.04 Å². The van der Waals surface area contributed by atoms with E-state index >= 15 is 0 Å². The highest BCUT2D eigenvalue weighted by molar-refractivity contribution is 5.73. The largest absolute Gasteiger partial charge is 0.480 e. The summed E-state index contributed by atoms with van der Waals surface area (Å²) >= 11 is 0. The van der Waals surface area contributed by atoms with Crippen LogP contribution in [0.15, 0.2) is 0 Å². The summed E-state index contributed by atoms with van der Waals surface area (Å²) in [5.41, 5.74) is 5.70. The Labute approximate surface area is 79.5 Å². The van der Waals surface area contributed by atoms with Crippen molar-refractivity contribution in [3.05, 3.63) is 0 Å². The summed E-state index contributed by atoms with van der Waals surface area (Å²) in [4.78, 5) is 10.7. The molecule has 0 radical (unpaired) electrons. The minimum Gasteiger partial charge on any atom is -0.480 e. The van der Waals surface area contributed by atoms with Crippen molar-refractivity contribution in [1.29, 1.82) is 0 Å². The fourth-order valence-corrected chi connectivity index (χ4v) is 1.14. The molecule has 2 unspecified atom stereocenters. The second kappa shape index (κ2) is 6.86. The quantitative estimate of drug-likeness (QED) is 0.546. The first-order valence-electron chi connectivity index (χ1n) is 4.83. The van der Waals surface area contributed by atoms with Crippen LogP contribution in [-0.4, -0.2) is 29.7 Å². The summed E-state index contributed by atoms with van der Waals surface area (Å²) in [6.45, 7) is 4.59. The summed E-state index contributed by atoms with van der Waals surface area (Å²) in [6, 6.07) is -0.317. The van der Waals surface area contributed by atoms with Crippen LogP contribution in [0, 0.1) is 0 Å². The maximum absolute atomic E-state index is 10.7. The highest BCUT2D eigenvalue weighted by atomic mass is 16.4. The minimum absolute atomic E-state index is 0.125. The first-order chi connectivity index (χ1) is 6.11. The van der Waals surface area contributed by atoms with Crippen LogP contribution in [0.25, 0.3) is 0 Å². The molecule has 0 aromatic rings. The topological polar surface area (TPSA) is 75.3 Å².